The van der Waals surface area contributed by atoms with Crippen LogP contribution in [0.1, 0.15) is 11.4 Å². The van der Waals surface area contributed by atoms with Crippen LogP contribution >= 0.6 is 23.1 Å². The number of aryl methyl sites for hydroxylation is 1. The molecule has 7 nitrogen and oxygen atoms in total. The zero-order chi connectivity index (χ0) is 21.4. The highest BCUT2D eigenvalue weighted by Gasteiger charge is 2.31. The topological polar surface area (TPSA) is 90.6 Å². The van der Waals surface area contributed by atoms with Crippen LogP contribution in [0.5, 0.6) is 0 Å². The molecule has 0 radical (unpaired) electrons. The Morgan fingerprint density at radius 2 is 2.03 bits per heavy atom. The summed E-state index contributed by atoms with van der Waals surface area (Å²) in [6.45, 7) is 0.421. The van der Waals surface area contributed by atoms with Gasteiger partial charge >= 0.3 is 6.18 Å². The fourth-order valence-electron chi connectivity index (χ4n) is 2.67. The Morgan fingerprint density at radius 1 is 1.31 bits per heavy atom. The van der Waals surface area contributed by atoms with Gasteiger partial charge in [0.1, 0.15) is 17.9 Å². The average molecular weight is 464 g/mol. The summed E-state index contributed by atoms with van der Waals surface area (Å²) in [5.41, 5.74) is 1.48. The van der Waals surface area contributed by atoms with Crippen LogP contribution in [-0.2, 0) is 22.1 Å². The first-order valence-corrected chi connectivity index (χ1v) is 12.2. The Morgan fingerprint density at radius 3 is 2.66 bits per heavy atom. The Hall–Kier alpha value is -1.99. The second-order valence-electron chi connectivity index (χ2n) is 6.17. The molecule has 3 rings (SSSR count). The highest BCUT2D eigenvalue weighted by molar-refractivity contribution is 7.97. The quantitative estimate of drug-likeness (QED) is 0.516. The smallest absolute Gasteiger partial charge is 0.255 e. The van der Waals surface area contributed by atoms with Crippen molar-refractivity contribution in [3.8, 4) is 21.1 Å². The Labute approximate surface area is 173 Å². The minimum Gasteiger partial charge on any atom is -0.255 e. The van der Waals surface area contributed by atoms with Gasteiger partial charge in [-0.05, 0) is 19.2 Å². The average Bonchev–Trinajstić information content (AvgIpc) is 3.16. The molecule has 0 unspecified atom stereocenters. The normalized spacial score (nSPS) is 12.5. The van der Waals surface area contributed by atoms with E-state index >= 15 is 0 Å². The van der Waals surface area contributed by atoms with Crippen molar-refractivity contribution in [2.24, 2.45) is 0 Å². The van der Waals surface area contributed by atoms with Gasteiger partial charge in [0, 0.05) is 18.2 Å². The van der Waals surface area contributed by atoms with E-state index in [0.29, 0.717) is 27.0 Å². The van der Waals surface area contributed by atoms with Crippen LogP contribution in [0.3, 0.4) is 0 Å². The predicted molar refractivity (Wildman–Crippen MR) is 105 cm³/mol. The molecular weight excluding hydrogens is 447 g/mol. The molecule has 0 aliphatic carbocycles. The highest BCUT2D eigenvalue weighted by atomic mass is 32.2. The van der Waals surface area contributed by atoms with Gasteiger partial charge in [-0.25, -0.2) is 23.4 Å². The Balaban J connectivity index is 2.13. The molecule has 0 aliphatic rings. The molecule has 0 spiro atoms. The maximum Gasteiger partial charge on any atom is 0.408 e. The standard InChI is InChI=1S/C16H16F3N5O2S3/c1-9-13(12-4-10(6-27-2)23-24(12)7-16(17,18)19)28-14(22-9)11-5-20-8-21-15(11)29(3,25)26/h4-5,8H,6-7H2,1-3H3. The van der Waals surface area contributed by atoms with Crippen LogP contribution in [0.2, 0.25) is 0 Å². The summed E-state index contributed by atoms with van der Waals surface area (Å²) in [7, 11) is -3.64. The van der Waals surface area contributed by atoms with E-state index in [-0.39, 0.29) is 16.3 Å². The molecule has 0 N–H and O–H groups in total. The van der Waals surface area contributed by atoms with Gasteiger partial charge in [0.15, 0.2) is 14.9 Å². The van der Waals surface area contributed by atoms with Gasteiger partial charge in [0.2, 0.25) is 0 Å². The summed E-state index contributed by atoms with van der Waals surface area (Å²) >= 11 is 2.53. The number of aromatic nitrogens is 5. The van der Waals surface area contributed by atoms with Crippen molar-refractivity contribution in [3.63, 3.8) is 0 Å². The number of thioether (sulfide) groups is 1. The molecule has 0 fully saturated rings. The summed E-state index contributed by atoms with van der Waals surface area (Å²) in [6, 6.07) is 1.60. The summed E-state index contributed by atoms with van der Waals surface area (Å²) in [5, 5.41) is 4.20. The van der Waals surface area contributed by atoms with Crippen LogP contribution in [-0.4, -0.2) is 51.8 Å². The van der Waals surface area contributed by atoms with E-state index in [1.165, 1.54) is 18.0 Å². The summed E-state index contributed by atoms with van der Waals surface area (Å²) < 4.78 is 64.0. The molecule has 0 aliphatic heterocycles. The van der Waals surface area contributed by atoms with Crippen molar-refractivity contribution >= 4 is 32.9 Å². The summed E-state index contributed by atoms with van der Waals surface area (Å²) in [4.78, 5) is 12.5. The Kier molecular flexibility index (Phi) is 6.01. The van der Waals surface area contributed by atoms with Gasteiger partial charge in [-0.15, -0.1) is 11.3 Å². The molecular formula is C16H16F3N5O2S3. The second-order valence-corrected chi connectivity index (χ2v) is 9.97. The number of sulfone groups is 1. The third kappa shape index (κ3) is 4.95. The van der Waals surface area contributed by atoms with Gasteiger partial charge in [-0.2, -0.15) is 30.0 Å². The number of alkyl halides is 3. The lowest BCUT2D eigenvalue weighted by atomic mass is 10.3. The predicted octanol–water partition coefficient (Wildman–Crippen LogP) is 3.60. The van der Waals surface area contributed by atoms with Gasteiger partial charge < -0.3 is 0 Å². The molecule has 3 aromatic heterocycles. The minimum absolute atomic E-state index is 0.181. The zero-order valence-corrected chi connectivity index (χ0v) is 18.0. The molecule has 0 aromatic carbocycles. The lowest BCUT2D eigenvalue weighted by molar-refractivity contribution is -0.142. The van der Waals surface area contributed by atoms with Crippen LogP contribution in [0.4, 0.5) is 13.2 Å². The molecule has 3 heterocycles. The molecule has 0 saturated heterocycles. The van der Waals surface area contributed by atoms with Gasteiger partial charge in [-0.1, -0.05) is 0 Å². The van der Waals surface area contributed by atoms with E-state index in [1.807, 2.05) is 6.26 Å². The molecule has 0 bridgehead atoms. The summed E-state index contributed by atoms with van der Waals surface area (Å²) in [5.74, 6) is 0.466. The number of rotatable bonds is 6. The van der Waals surface area contributed by atoms with E-state index in [0.717, 1.165) is 28.6 Å². The lowest BCUT2D eigenvalue weighted by Gasteiger charge is -2.09. The van der Waals surface area contributed by atoms with E-state index < -0.39 is 22.6 Å². The van der Waals surface area contributed by atoms with Crippen LogP contribution in [0.15, 0.2) is 23.6 Å². The van der Waals surface area contributed by atoms with Crippen molar-refractivity contribution in [2.75, 3.05) is 12.5 Å². The molecule has 0 atom stereocenters. The van der Waals surface area contributed by atoms with Gasteiger partial charge in [-0.3, -0.25) is 4.68 Å². The van der Waals surface area contributed by atoms with Crippen LogP contribution < -0.4 is 0 Å². The van der Waals surface area contributed by atoms with E-state index in [9.17, 15) is 21.6 Å². The number of halogens is 3. The van der Waals surface area contributed by atoms with E-state index in [2.05, 4.69) is 20.1 Å². The van der Waals surface area contributed by atoms with Gasteiger partial charge in [0.05, 0.1) is 27.5 Å². The first-order chi connectivity index (χ1) is 13.5. The molecule has 0 saturated carbocycles. The van der Waals surface area contributed by atoms with Crippen molar-refractivity contribution < 1.29 is 21.6 Å². The van der Waals surface area contributed by atoms with Gasteiger partial charge in [0.25, 0.3) is 0 Å². The van der Waals surface area contributed by atoms with E-state index in [1.54, 1.807) is 13.0 Å². The number of hydrogen-bond donors (Lipinski definition) is 0. The highest BCUT2D eigenvalue weighted by Crippen LogP contribution is 2.38. The molecule has 29 heavy (non-hydrogen) atoms. The van der Waals surface area contributed by atoms with Crippen molar-refractivity contribution in [1.29, 1.82) is 0 Å². The van der Waals surface area contributed by atoms with Crippen molar-refractivity contribution in [3.05, 3.63) is 30.0 Å². The monoisotopic (exact) mass is 463 g/mol. The van der Waals surface area contributed by atoms with Crippen LogP contribution in [0.25, 0.3) is 21.1 Å². The van der Waals surface area contributed by atoms with Crippen LogP contribution in [0, 0.1) is 6.92 Å². The molecule has 156 valence electrons. The summed E-state index contributed by atoms with van der Waals surface area (Å²) in [6.07, 6.45) is 0.870. The molecule has 3 aromatic rings. The lowest BCUT2D eigenvalue weighted by Crippen LogP contribution is -2.19. The first-order valence-electron chi connectivity index (χ1n) is 8.10. The largest absolute Gasteiger partial charge is 0.408 e. The first kappa shape index (κ1) is 21.7. The second kappa shape index (κ2) is 8.03. The SMILES string of the molecule is CSCc1cc(-c2sc(-c3cncnc3S(C)(=O)=O)nc2C)n(CC(F)(F)F)n1. The van der Waals surface area contributed by atoms with E-state index in [4.69, 9.17) is 0 Å². The molecule has 13 heteroatoms. The molecule has 0 amide bonds. The number of nitrogens with zero attached hydrogens (tertiary/aromatic N) is 5. The number of thiazole rings is 1. The third-order valence-electron chi connectivity index (χ3n) is 3.74. The Bertz CT molecular complexity index is 1140. The minimum atomic E-state index is -4.43. The zero-order valence-electron chi connectivity index (χ0n) is 15.6. The fourth-order valence-corrected chi connectivity index (χ4v) is 5.06. The van der Waals surface area contributed by atoms with Crippen molar-refractivity contribution in [2.45, 2.75) is 30.4 Å². The van der Waals surface area contributed by atoms with Crippen molar-refractivity contribution in [1.82, 2.24) is 24.7 Å². The maximum atomic E-state index is 13.0. The maximum absolute atomic E-state index is 13.0. The number of hydrogen-bond acceptors (Lipinski definition) is 8. The third-order valence-corrected chi connectivity index (χ3v) is 6.56. The fraction of sp³-hybridized carbons (Fsp3) is 0.375.